The molecule has 1 saturated heterocycles. The van der Waals surface area contributed by atoms with Gasteiger partial charge in [-0.25, -0.2) is 13.3 Å². The monoisotopic (exact) mass is 525 g/mol. The minimum Gasteiger partial charge on any atom is -0.336 e. The Balaban J connectivity index is 1.13. The number of carbonyl (C=O) groups is 3. The number of anilines is 1. The van der Waals surface area contributed by atoms with Gasteiger partial charge in [0.25, 0.3) is 17.7 Å². The van der Waals surface area contributed by atoms with Crippen LogP contribution in [0.4, 0.5) is 5.69 Å². The number of rotatable bonds is 4. The molecular formula is C29H23N3O5S. The average Bonchev–Trinajstić information content (AvgIpc) is 3.22. The Bertz CT molecular complexity index is 1670. The van der Waals surface area contributed by atoms with Crippen LogP contribution in [0.2, 0.25) is 0 Å². The van der Waals surface area contributed by atoms with Gasteiger partial charge < -0.3 is 4.90 Å². The van der Waals surface area contributed by atoms with E-state index >= 15 is 0 Å². The Labute approximate surface area is 219 Å². The summed E-state index contributed by atoms with van der Waals surface area (Å²) >= 11 is 0. The molecule has 4 aromatic rings. The molecule has 0 aliphatic carbocycles. The smallest absolute Gasteiger partial charge is 0.266 e. The molecule has 190 valence electrons. The Morgan fingerprint density at radius 2 is 1.24 bits per heavy atom. The lowest BCUT2D eigenvalue weighted by Gasteiger charge is -2.34. The van der Waals surface area contributed by atoms with Crippen molar-refractivity contribution in [2.24, 2.45) is 0 Å². The highest BCUT2D eigenvalue weighted by atomic mass is 32.2. The fraction of sp³-hybridized carbons (Fsp3) is 0.138. The number of carbonyl (C=O) groups excluding carboxylic acids is 3. The lowest BCUT2D eigenvalue weighted by atomic mass is 10.1. The first-order chi connectivity index (χ1) is 18.3. The van der Waals surface area contributed by atoms with Crippen molar-refractivity contribution in [2.45, 2.75) is 4.90 Å². The summed E-state index contributed by atoms with van der Waals surface area (Å²) in [5.41, 5.74) is 1.50. The van der Waals surface area contributed by atoms with E-state index in [1.807, 2.05) is 24.3 Å². The van der Waals surface area contributed by atoms with Crippen molar-refractivity contribution in [3.05, 3.63) is 108 Å². The highest BCUT2D eigenvalue weighted by molar-refractivity contribution is 7.89. The van der Waals surface area contributed by atoms with Crippen LogP contribution in [-0.2, 0) is 10.0 Å². The van der Waals surface area contributed by atoms with Gasteiger partial charge in [-0.2, -0.15) is 4.31 Å². The van der Waals surface area contributed by atoms with E-state index in [2.05, 4.69) is 0 Å². The number of sulfonamides is 1. The van der Waals surface area contributed by atoms with Crippen LogP contribution in [0, 0.1) is 0 Å². The van der Waals surface area contributed by atoms with Crippen LogP contribution in [0.3, 0.4) is 0 Å². The number of imide groups is 1. The van der Waals surface area contributed by atoms with Crippen LogP contribution in [0.5, 0.6) is 0 Å². The topological polar surface area (TPSA) is 95.1 Å². The molecule has 0 bridgehead atoms. The predicted molar refractivity (Wildman–Crippen MR) is 143 cm³/mol. The van der Waals surface area contributed by atoms with Crippen molar-refractivity contribution >= 4 is 44.2 Å². The van der Waals surface area contributed by atoms with E-state index in [1.54, 1.807) is 71.6 Å². The lowest BCUT2D eigenvalue weighted by Crippen LogP contribution is -2.50. The molecule has 9 heteroatoms. The Hall–Kier alpha value is -4.34. The van der Waals surface area contributed by atoms with Gasteiger partial charge in [-0.1, -0.05) is 42.5 Å². The number of benzene rings is 4. The first-order valence-corrected chi connectivity index (χ1v) is 13.6. The molecule has 1 fully saturated rings. The summed E-state index contributed by atoms with van der Waals surface area (Å²) in [5, 5.41) is 1.82. The number of nitrogens with zero attached hydrogens (tertiary/aromatic N) is 3. The summed E-state index contributed by atoms with van der Waals surface area (Å²) in [4.78, 5) is 41.5. The zero-order chi connectivity index (χ0) is 26.4. The van der Waals surface area contributed by atoms with E-state index in [-0.39, 0.29) is 37.0 Å². The summed E-state index contributed by atoms with van der Waals surface area (Å²) < 4.78 is 27.9. The molecule has 0 spiro atoms. The van der Waals surface area contributed by atoms with Crippen molar-refractivity contribution in [1.29, 1.82) is 0 Å². The van der Waals surface area contributed by atoms with Crippen LogP contribution in [0.25, 0.3) is 10.8 Å². The standard InChI is InChI=1S/C29H23N3O5S/c33-27(21-9-12-23(13-10-21)32-28(34)25-7-3-4-8-26(25)29(32)35)30-15-17-31(18-16-30)38(36,37)24-14-11-20-5-1-2-6-22(20)19-24/h1-14,19H,15-18H2. The van der Waals surface area contributed by atoms with Crippen molar-refractivity contribution in [1.82, 2.24) is 9.21 Å². The Morgan fingerprint density at radius 1 is 0.658 bits per heavy atom. The van der Waals surface area contributed by atoms with Gasteiger partial charge in [0.15, 0.2) is 0 Å². The summed E-state index contributed by atoms with van der Waals surface area (Å²) in [6, 6.07) is 25.7. The van der Waals surface area contributed by atoms with Gasteiger partial charge in [-0.15, -0.1) is 0 Å². The van der Waals surface area contributed by atoms with Crippen LogP contribution >= 0.6 is 0 Å². The molecule has 2 aliphatic heterocycles. The van der Waals surface area contributed by atoms with E-state index < -0.39 is 21.8 Å². The molecule has 0 radical (unpaired) electrons. The van der Waals surface area contributed by atoms with Gasteiger partial charge in [0, 0.05) is 31.7 Å². The third-order valence-corrected chi connectivity index (χ3v) is 8.95. The molecule has 0 aromatic heterocycles. The largest absolute Gasteiger partial charge is 0.336 e. The second-order valence-electron chi connectivity index (χ2n) is 9.24. The van der Waals surface area contributed by atoms with Crippen LogP contribution in [0.15, 0.2) is 95.9 Å². The minimum absolute atomic E-state index is 0.189. The molecule has 4 aromatic carbocycles. The third-order valence-electron chi connectivity index (χ3n) is 7.05. The summed E-state index contributed by atoms with van der Waals surface area (Å²) in [5.74, 6) is -1.02. The maximum absolute atomic E-state index is 13.2. The normalized spacial score (nSPS) is 16.2. The van der Waals surface area contributed by atoms with Gasteiger partial charge in [-0.3, -0.25) is 14.4 Å². The second-order valence-corrected chi connectivity index (χ2v) is 11.2. The number of hydrogen-bond donors (Lipinski definition) is 0. The van der Waals surface area contributed by atoms with Gasteiger partial charge in [0.05, 0.1) is 21.7 Å². The maximum atomic E-state index is 13.2. The van der Waals surface area contributed by atoms with E-state index in [9.17, 15) is 22.8 Å². The first-order valence-electron chi connectivity index (χ1n) is 12.2. The van der Waals surface area contributed by atoms with Crippen molar-refractivity contribution in [3.8, 4) is 0 Å². The summed E-state index contributed by atoms with van der Waals surface area (Å²) in [6.07, 6.45) is 0. The molecular weight excluding hydrogens is 502 g/mol. The average molecular weight is 526 g/mol. The van der Waals surface area contributed by atoms with E-state index in [0.29, 0.717) is 22.4 Å². The maximum Gasteiger partial charge on any atom is 0.266 e. The summed E-state index contributed by atoms with van der Waals surface area (Å²) in [7, 11) is -3.69. The Morgan fingerprint density at radius 3 is 1.87 bits per heavy atom. The molecule has 0 unspecified atom stereocenters. The zero-order valence-corrected chi connectivity index (χ0v) is 21.1. The zero-order valence-electron chi connectivity index (χ0n) is 20.3. The highest BCUT2D eigenvalue weighted by Gasteiger charge is 2.36. The van der Waals surface area contributed by atoms with Crippen molar-refractivity contribution in [2.75, 3.05) is 31.1 Å². The second kappa shape index (κ2) is 9.20. The molecule has 3 amide bonds. The van der Waals surface area contributed by atoms with Crippen LogP contribution < -0.4 is 4.90 Å². The first kappa shape index (κ1) is 24.0. The van der Waals surface area contributed by atoms with Gasteiger partial charge in [-0.05, 0) is 59.3 Å². The number of hydrogen-bond acceptors (Lipinski definition) is 5. The molecule has 38 heavy (non-hydrogen) atoms. The lowest BCUT2D eigenvalue weighted by molar-refractivity contribution is 0.0697. The molecule has 2 heterocycles. The quantitative estimate of drug-likeness (QED) is 0.378. The fourth-order valence-electron chi connectivity index (χ4n) is 4.97. The summed E-state index contributed by atoms with van der Waals surface area (Å²) in [6.45, 7) is 0.889. The SMILES string of the molecule is O=C(c1ccc(N2C(=O)c3ccccc3C2=O)cc1)N1CCN(S(=O)(=O)c2ccc3ccccc3c2)CC1. The predicted octanol–water partition coefficient (Wildman–Crippen LogP) is 3.79. The van der Waals surface area contributed by atoms with E-state index in [1.165, 1.54) is 4.31 Å². The number of fused-ring (bicyclic) bond motifs is 2. The molecule has 8 nitrogen and oxygen atoms in total. The molecule has 0 N–H and O–H groups in total. The van der Waals surface area contributed by atoms with Gasteiger partial charge in [0.1, 0.15) is 0 Å². The molecule has 0 atom stereocenters. The van der Waals surface area contributed by atoms with Crippen molar-refractivity contribution in [3.63, 3.8) is 0 Å². The fourth-order valence-corrected chi connectivity index (χ4v) is 6.43. The van der Waals surface area contributed by atoms with Gasteiger partial charge >= 0.3 is 0 Å². The van der Waals surface area contributed by atoms with Crippen LogP contribution in [-0.4, -0.2) is 61.5 Å². The van der Waals surface area contributed by atoms with E-state index in [4.69, 9.17) is 0 Å². The third kappa shape index (κ3) is 3.96. The van der Waals surface area contributed by atoms with Crippen LogP contribution in [0.1, 0.15) is 31.1 Å². The Kier molecular flexibility index (Phi) is 5.81. The number of piperazine rings is 1. The van der Waals surface area contributed by atoms with Gasteiger partial charge in [0.2, 0.25) is 10.0 Å². The molecule has 0 saturated carbocycles. The number of amides is 3. The highest BCUT2D eigenvalue weighted by Crippen LogP contribution is 2.29. The molecule has 6 rings (SSSR count). The van der Waals surface area contributed by atoms with Crippen molar-refractivity contribution < 1.29 is 22.8 Å². The molecule has 2 aliphatic rings. The minimum atomic E-state index is -3.69. The van der Waals surface area contributed by atoms with E-state index in [0.717, 1.165) is 15.7 Å².